The first kappa shape index (κ1) is 28.5. The molecule has 1 heterocycles. The number of aromatic nitrogens is 1. The fraction of sp³-hybridized carbons (Fsp3) is 0.214. The third-order valence-corrected chi connectivity index (χ3v) is 6.25. The second kappa shape index (κ2) is 11.7. The Morgan fingerprint density at radius 3 is 2.58 bits per heavy atom. The van der Waals surface area contributed by atoms with Crippen molar-refractivity contribution in [1.29, 1.82) is 5.26 Å². The van der Waals surface area contributed by atoms with Crippen molar-refractivity contribution in [3.05, 3.63) is 89.1 Å². The van der Waals surface area contributed by atoms with E-state index in [1.54, 1.807) is 24.3 Å². The van der Waals surface area contributed by atoms with Crippen molar-refractivity contribution >= 4 is 39.2 Å². The first-order valence-corrected chi connectivity index (χ1v) is 13.2. The third-order valence-electron chi connectivity index (χ3n) is 5.87. The average molecular weight is 569 g/mol. The summed E-state index contributed by atoms with van der Waals surface area (Å²) in [6.45, 7) is 4.11. The molecule has 40 heavy (non-hydrogen) atoms. The van der Waals surface area contributed by atoms with Crippen molar-refractivity contribution in [2.24, 2.45) is 5.92 Å². The predicted octanol–water partition coefficient (Wildman–Crippen LogP) is 5.36. The SMILES string of the molecule is CC(C)COc1cc(NC(=O)c2cc3ccc(N(C)O[SH](=O)=O)cc3[nH]2)cc(C(F)(F)c2cccc(C#N)c2)c1. The van der Waals surface area contributed by atoms with E-state index in [2.05, 4.69) is 14.6 Å². The number of amides is 1. The minimum absolute atomic E-state index is 0.0871. The summed E-state index contributed by atoms with van der Waals surface area (Å²) in [6.07, 6.45) is 0. The second-order valence-electron chi connectivity index (χ2n) is 9.43. The van der Waals surface area contributed by atoms with Crippen LogP contribution in [0.2, 0.25) is 0 Å². The maximum absolute atomic E-state index is 15.6. The Hall–Kier alpha value is -4.47. The van der Waals surface area contributed by atoms with Gasteiger partial charge in [-0.15, -0.1) is 0 Å². The molecule has 0 unspecified atom stereocenters. The highest BCUT2D eigenvalue weighted by molar-refractivity contribution is 7.67. The molecule has 2 N–H and O–H groups in total. The van der Waals surface area contributed by atoms with Crippen LogP contribution in [0, 0.1) is 17.2 Å². The Kier molecular flexibility index (Phi) is 8.37. The summed E-state index contributed by atoms with van der Waals surface area (Å²) in [5.41, 5.74) is 0.491. The molecular formula is C28H26F2N4O5S. The Morgan fingerprint density at radius 1 is 1.10 bits per heavy atom. The Bertz CT molecular complexity index is 1670. The maximum atomic E-state index is 15.6. The molecule has 1 aromatic heterocycles. The van der Waals surface area contributed by atoms with E-state index in [0.717, 1.165) is 17.2 Å². The molecule has 4 aromatic rings. The van der Waals surface area contributed by atoms with E-state index in [0.29, 0.717) is 16.6 Å². The summed E-state index contributed by atoms with van der Waals surface area (Å²) in [4.78, 5) is 16.1. The number of hydrogen-bond donors (Lipinski definition) is 3. The molecule has 1 amide bonds. The lowest BCUT2D eigenvalue weighted by Crippen LogP contribution is -2.18. The summed E-state index contributed by atoms with van der Waals surface area (Å²) in [7, 11) is -1.69. The molecule has 4 rings (SSSR count). The number of nitrogens with zero attached hydrogens (tertiary/aromatic N) is 2. The zero-order valence-electron chi connectivity index (χ0n) is 21.8. The van der Waals surface area contributed by atoms with E-state index < -0.39 is 28.4 Å². The first-order valence-electron chi connectivity index (χ1n) is 12.1. The number of ether oxygens (including phenoxy) is 1. The number of halogens is 2. The van der Waals surface area contributed by atoms with E-state index >= 15 is 8.78 Å². The van der Waals surface area contributed by atoms with Crippen LogP contribution in [0.25, 0.3) is 10.9 Å². The van der Waals surface area contributed by atoms with Crippen LogP contribution < -0.4 is 15.1 Å². The summed E-state index contributed by atoms with van der Waals surface area (Å²) < 4.78 is 63.3. The number of thiol groups is 1. The van der Waals surface area contributed by atoms with Gasteiger partial charge in [0.1, 0.15) is 11.4 Å². The first-order chi connectivity index (χ1) is 19.0. The van der Waals surface area contributed by atoms with Crippen LogP contribution in [0.15, 0.2) is 66.7 Å². The molecule has 0 saturated heterocycles. The lowest BCUT2D eigenvalue weighted by atomic mass is 9.98. The molecule has 0 aliphatic carbocycles. The number of alkyl halides is 2. The van der Waals surface area contributed by atoms with E-state index in [9.17, 15) is 13.2 Å². The fourth-order valence-corrected chi connectivity index (χ4v) is 4.22. The molecular weight excluding hydrogens is 542 g/mol. The standard InChI is InChI=1S/C28H26F2N4O5S/c1-17(2)16-38-24-12-21(28(29,30)20-6-4-5-18(9-20)15-31)11-22(13-24)32-27(35)26-10-19-7-8-23(14-25(19)33-26)34(3)39-40(36)37/h4-14,17,33,40H,16H2,1-3H3,(H,32,35). The van der Waals surface area contributed by atoms with Gasteiger partial charge >= 0.3 is 0 Å². The number of fused-ring (bicyclic) bond motifs is 1. The van der Waals surface area contributed by atoms with Gasteiger partial charge in [0, 0.05) is 40.8 Å². The van der Waals surface area contributed by atoms with Crippen LogP contribution in [0.4, 0.5) is 20.2 Å². The quantitative estimate of drug-likeness (QED) is 0.174. The molecule has 12 heteroatoms. The van der Waals surface area contributed by atoms with Crippen molar-refractivity contribution in [1.82, 2.24) is 4.98 Å². The third kappa shape index (κ3) is 6.56. The number of anilines is 2. The normalized spacial score (nSPS) is 11.6. The number of nitriles is 1. The maximum Gasteiger partial charge on any atom is 0.298 e. The summed E-state index contributed by atoms with van der Waals surface area (Å²) >= 11 is 0. The smallest absolute Gasteiger partial charge is 0.298 e. The van der Waals surface area contributed by atoms with Crippen molar-refractivity contribution in [2.45, 2.75) is 19.8 Å². The van der Waals surface area contributed by atoms with Gasteiger partial charge in [-0.1, -0.05) is 32.0 Å². The number of carbonyl (C=O) groups excluding carboxylic acids is 1. The molecule has 0 radical (unpaired) electrons. The molecule has 0 bridgehead atoms. The van der Waals surface area contributed by atoms with Gasteiger partial charge in [-0.2, -0.15) is 18.3 Å². The van der Waals surface area contributed by atoms with Crippen molar-refractivity contribution in [3.8, 4) is 11.8 Å². The van der Waals surface area contributed by atoms with Crippen LogP contribution >= 0.6 is 0 Å². The zero-order valence-corrected chi connectivity index (χ0v) is 22.7. The molecule has 9 nitrogen and oxygen atoms in total. The van der Waals surface area contributed by atoms with Gasteiger partial charge in [-0.25, -0.2) is 13.5 Å². The Balaban J connectivity index is 1.66. The van der Waals surface area contributed by atoms with Crippen LogP contribution in [0.1, 0.15) is 41.0 Å². The number of hydrogen-bond acceptors (Lipinski definition) is 7. The van der Waals surface area contributed by atoms with Gasteiger partial charge in [0.05, 0.1) is 23.9 Å². The van der Waals surface area contributed by atoms with E-state index in [4.69, 9.17) is 10.00 Å². The summed E-state index contributed by atoms with van der Waals surface area (Å²) in [5, 5.41) is 13.5. The van der Waals surface area contributed by atoms with Gasteiger partial charge in [0.25, 0.3) is 22.8 Å². The van der Waals surface area contributed by atoms with Crippen molar-refractivity contribution in [3.63, 3.8) is 0 Å². The van der Waals surface area contributed by atoms with Crippen molar-refractivity contribution < 1.29 is 31.0 Å². The number of carbonyl (C=O) groups is 1. The number of aromatic amines is 1. The minimum Gasteiger partial charge on any atom is -0.493 e. The highest BCUT2D eigenvalue weighted by Crippen LogP contribution is 2.39. The zero-order chi connectivity index (χ0) is 29.0. The number of H-pyrrole nitrogens is 1. The lowest BCUT2D eigenvalue weighted by Gasteiger charge is -2.20. The number of hydroxylamine groups is 1. The lowest BCUT2D eigenvalue weighted by molar-refractivity contribution is 0.0425. The molecule has 0 aliphatic rings. The van der Waals surface area contributed by atoms with Crippen LogP contribution in [-0.4, -0.2) is 33.0 Å². The number of benzene rings is 3. The van der Waals surface area contributed by atoms with Gasteiger partial charge in [-0.05, 0) is 48.4 Å². The van der Waals surface area contributed by atoms with E-state index in [1.807, 2.05) is 19.9 Å². The van der Waals surface area contributed by atoms with Crippen LogP contribution in [-0.2, 0) is 21.2 Å². The van der Waals surface area contributed by atoms with Crippen LogP contribution in [0.3, 0.4) is 0 Å². The molecule has 0 saturated carbocycles. The molecule has 0 spiro atoms. The molecule has 3 aromatic carbocycles. The number of nitrogens with one attached hydrogen (secondary N) is 2. The average Bonchev–Trinajstić information content (AvgIpc) is 3.35. The Labute approximate surface area is 231 Å². The second-order valence-corrected chi connectivity index (χ2v) is 10.0. The fourth-order valence-electron chi connectivity index (χ4n) is 3.93. The Morgan fingerprint density at radius 2 is 1.88 bits per heavy atom. The molecule has 0 fully saturated rings. The minimum atomic E-state index is -3.48. The van der Waals surface area contributed by atoms with Gasteiger partial charge in [0.2, 0.25) is 0 Å². The molecule has 0 atom stereocenters. The summed E-state index contributed by atoms with van der Waals surface area (Å²) in [6, 6.07) is 17.3. The van der Waals surface area contributed by atoms with E-state index in [1.165, 1.54) is 37.4 Å². The van der Waals surface area contributed by atoms with Gasteiger partial charge in [-0.3, -0.25) is 4.79 Å². The van der Waals surface area contributed by atoms with Gasteiger partial charge < -0.3 is 15.0 Å². The monoisotopic (exact) mass is 568 g/mol. The topological polar surface area (TPSA) is 125 Å². The van der Waals surface area contributed by atoms with E-state index in [-0.39, 0.29) is 40.8 Å². The van der Waals surface area contributed by atoms with Crippen molar-refractivity contribution in [2.75, 3.05) is 24.0 Å². The predicted molar refractivity (Wildman–Crippen MR) is 147 cm³/mol. The molecule has 0 aliphatic heterocycles. The van der Waals surface area contributed by atoms with Crippen LogP contribution in [0.5, 0.6) is 5.75 Å². The van der Waals surface area contributed by atoms with Gasteiger partial charge in [0.15, 0.2) is 0 Å². The highest BCUT2D eigenvalue weighted by atomic mass is 32.2. The highest BCUT2D eigenvalue weighted by Gasteiger charge is 2.35. The largest absolute Gasteiger partial charge is 0.493 e. The molecule has 208 valence electrons. The number of rotatable bonds is 10. The summed E-state index contributed by atoms with van der Waals surface area (Å²) in [5.74, 6) is -3.79.